The molecule has 98 valence electrons. The molecule has 18 heavy (non-hydrogen) atoms. The van der Waals surface area contributed by atoms with Gasteiger partial charge in [0.05, 0.1) is 5.52 Å². The van der Waals surface area contributed by atoms with E-state index in [4.69, 9.17) is 10.2 Å². The van der Waals surface area contributed by atoms with Gasteiger partial charge in [0, 0.05) is 24.8 Å². The topological polar surface area (TPSA) is 64.4 Å². The summed E-state index contributed by atoms with van der Waals surface area (Å²) in [6.07, 6.45) is 0. The first-order chi connectivity index (χ1) is 8.65. The Morgan fingerprint density at radius 2 is 2.06 bits per heavy atom. The number of likely N-dealkylation sites (N-methyl/N-ethyl adjacent to an activating group) is 1. The van der Waals surface area contributed by atoms with Crippen LogP contribution in [0.1, 0.15) is 13.8 Å². The summed E-state index contributed by atoms with van der Waals surface area (Å²) < 4.78 is 6.85. The summed E-state index contributed by atoms with van der Waals surface area (Å²) in [6, 6.07) is 5.30. The molecule has 0 amide bonds. The fraction of sp³-hybridized carbons (Fsp3) is 0.462. The first-order valence-electron chi connectivity index (χ1n) is 6.27. The minimum Gasteiger partial charge on any atom is -0.408 e. The van der Waals surface area contributed by atoms with E-state index in [1.165, 1.54) is 0 Å². The number of oxazole rings is 1. The van der Waals surface area contributed by atoms with Gasteiger partial charge in [-0.2, -0.15) is 0 Å². The minimum absolute atomic E-state index is 0.317. The molecule has 1 aromatic carbocycles. The van der Waals surface area contributed by atoms with Gasteiger partial charge in [-0.15, -0.1) is 0 Å². The molecule has 1 aromatic heterocycles. The van der Waals surface area contributed by atoms with Crippen LogP contribution < -0.4 is 11.5 Å². The average molecular weight is 249 g/mol. The van der Waals surface area contributed by atoms with Crippen molar-refractivity contribution in [2.75, 3.05) is 25.4 Å². The lowest BCUT2D eigenvalue weighted by atomic mass is 10.3. The number of benzene rings is 1. The van der Waals surface area contributed by atoms with E-state index in [2.05, 4.69) is 18.7 Å². The number of hydrogen-bond acceptors (Lipinski definition) is 4. The maximum absolute atomic E-state index is 11.8. The van der Waals surface area contributed by atoms with E-state index in [-0.39, 0.29) is 5.76 Å². The molecule has 0 saturated heterocycles. The van der Waals surface area contributed by atoms with E-state index < -0.39 is 0 Å². The molecular weight excluding hydrogens is 230 g/mol. The summed E-state index contributed by atoms with van der Waals surface area (Å²) in [5.74, 6) is -0.317. The largest absolute Gasteiger partial charge is 0.419 e. The Balaban J connectivity index is 2.28. The highest BCUT2D eigenvalue weighted by Crippen LogP contribution is 2.16. The number of rotatable bonds is 5. The molecule has 0 fully saturated rings. The first kappa shape index (κ1) is 12.7. The number of anilines is 1. The van der Waals surface area contributed by atoms with Crippen LogP contribution in [0.5, 0.6) is 0 Å². The van der Waals surface area contributed by atoms with Crippen molar-refractivity contribution in [3.05, 3.63) is 28.7 Å². The zero-order valence-electron chi connectivity index (χ0n) is 10.8. The molecule has 0 aliphatic rings. The number of nitrogen functional groups attached to an aromatic ring is 1. The molecule has 1 heterocycles. The third-order valence-electron chi connectivity index (χ3n) is 3.23. The van der Waals surface area contributed by atoms with Gasteiger partial charge < -0.3 is 15.1 Å². The molecule has 0 bridgehead atoms. The van der Waals surface area contributed by atoms with Crippen molar-refractivity contribution in [1.82, 2.24) is 9.47 Å². The molecule has 0 aliphatic heterocycles. The lowest BCUT2D eigenvalue weighted by Gasteiger charge is -2.17. The molecule has 5 heteroatoms. The third-order valence-corrected chi connectivity index (χ3v) is 3.23. The molecule has 2 aromatic rings. The Kier molecular flexibility index (Phi) is 3.72. The van der Waals surface area contributed by atoms with Crippen molar-refractivity contribution in [2.24, 2.45) is 0 Å². The first-order valence-corrected chi connectivity index (χ1v) is 6.27. The van der Waals surface area contributed by atoms with Gasteiger partial charge >= 0.3 is 5.76 Å². The van der Waals surface area contributed by atoms with Crippen LogP contribution in [-0.4, -0.2) is 29.1 Å². The number of nitrogens with zero attached hydrogens (tertiary/aromatic N) is 2. The van der Waals surface area contributed by atoms with Crippen molar-refractivity contribution < 1.29 is 4.42 Å². The van der Waals surface area contributed by atoms with E-state index in [1.807, 2.05) is 6.07 Å². The fourth-order valence-corrected chi connectivity index (χ4v) is 2.08. The van der Waals surface area contributed by atoms with Crippen molar-refractivity contribution >= 4 is 16.8 Å². The Labute approximate surface area is 106 Å². The van der Waals surface area contributed by atoms with Crippen LogP contribution in [0.4, 0.5) is 5.69 Å². The normalized spacial score (nSPS) is 11.5. The SMILES string of the molecule is CCN(CC)CCn1c(=O)oc2cc(N)ccc21. The van der Waals surface area contributed by atoms with Crippen LogP contribution in [0.25, 0.3) is 11.1 Å². The van der Waals surface area contributed by atoms with Gasteiger partial charge in [-0.25, -0.2) is 4.79 Å². The highest BCUT2D eigenvalue weighted by atomic mass is 16.4. The van der Waals surface area contributed by atoms with Gasteiger partial charge in [0.1, 0.15) is 0 Å². The van der Waals surface area contributed by atoms with E-state index in [9.17, 15) is 4.79 Å². The quantitative estimate of drug-likeness (QED) is 0.816. The Morgan fingerprint density at radius 1 is 1.33 bits per heavy atom. The number of nitrogens with two attached hydrogens (primary N) is 1. The lowest BCUT2D eigenvalue weighted by Crippen LogP contribution is -2.29. The molecule has 5 nitrogen and oxygen atoms in total. The maximum Gasteiger partial charge on any atom is 0.419 e. The smallest absolute Gasteiger partial charge is 0.408 e. The minimum atomic E-state index is -0.317. The predicted molar refractivity (Wildman–Crippen MR) is 72.7 cm³/mol. The van der Waals surface area contributed by atoms with Gasteiger partial charge in [-0.1, -0.05) is 13.8 Å². The summed E-state index contributed by atoms with van der Waals surface area (Å²) in [6.45, 7) is 7.66. The highest BCUT2D eigenvalue weighted by molar-refractivity contribution is 5.76. The van der Waals surface area contributed by atoms with Gasteiger partial charge in [0.15, 0.2) is 5.58 Å². The number of fused-ring (bicyclic) bond motifs is 1. The van der Waals surface area contributed by atoms with Gasteiger partial charge in [-0.3, -0.25) is 4.57 Å². The van der Waals surface area contributed by atoms with E-state index in [0.717, 1.165) is 25.2 Å². The number of hydrogen-bond donors (Lipinski definition) is 1. The average Bonchev–Trinajstić information content (AvgIpc) is 2.66. The summed E-state index contributed by atoms with van der Waals surface area (Å²) in [7, 11) is 0. The summed E-state index contributed by atoms with van der Waals surface area (Å²) >= 11 is 0. The van der Waals surface area contributed by atoms with Crippen LogP contribution in [0.2, 0.25) is 0 Å². The molecule has 0 atom stereocenters. The van der Waals surface area contributed by atoms with Crippen molar-refractivity contribution in [1.29, 1.82) is 0 Å². The van der Waals surface area contributed by atoms with Crippen LogP contribution in [-0.2, 0) is 6.54 Å². The monoisotopic (exact) mass is 249 g/mol. The third kappa shape index (κ3) is 2.41. The molecule has 0 aliphatic carbocycles. The Morgan fingerprint density at radius 3 is 2.72 bits per heavy atom. The van der Waals surface area contributed by atoms with Crippen LogP contribution in [0.15, 0.2) is 27.4 Å². The molecule has 2 rings (SSSR count). The van der Waals surface area contributed by atoms with Crippen molar-refractivity contribution in [3.63, 3.8) is 0 Å². The van der Waals surface area contributed by atoms with Gasteiger partial charge in [0.2, 0.25) is 0 Å². The van der Waals surface area contributed by atoms with Crippen LogP contribution >= 0.6 is 0 Å². The lowest BCUT2D eigenvalue weighted by molar-refractivity contribution is 0.287. The Hall–Kier alpha value is -1.75. The zero-order chi connectivity index (χ0) is 13.1. The highest BCUT2D eigenvalue weighted by Gasteiger charge is 2.10. The molecule has 0 unspecified atom stereocenters. The van der Waals surface area contributed by atoms with Crippen LogP contribution in [0, 0.1) is 0 Å². The molecule has 0 spiro atoms. The van der Waals surface area contributed by atoms with E-state index in [1.54, 1.807) is 16.7 Å². The standard InChI is InChI=1S/C13H19N3O2/c1-3-15(4-2)7-8-16-11-6-5-10(14)9-12(11)18-13(16)17/h5-6,9H,3-4,7-8,14H2,1-2H3. The summed E-state index contributed by atoms with van der Waals surface area (Å²) in [5.41, 5.74) is 7.63. The second-order valence-electron chi connectivity index (χ2n) is 4.27. The summed E-state index contributed by atoms with van der Waals surface area (Å²) in [5, 5.41) is 0. The second kappa shape index (κ2) is 5.27. The molecular formula is C13H19N3O2. The zero-order valence-corrected chi connectivity index (χ0v) is 10.8. The molecule has 2 N–H and O–H groups in total. The van der Waals surface area contributed by atoms with Crippen LogP contribution in [0.3, 0.4) is 0 Å². The summed E-state index contributed by atoms with van der Waals surface area (Å²) in [4.78, 5) is 14.0. The van der Waals surface area contributed by atoms with Gasteiger partial charge in [-0.05, 0) is 25.2 Å². The van der Waals surface area contributed by atoms with Gasteiger partial charge in [0.25, 0.3) is 0 Å². The molecule has 0 saturated carbocycles. The van der Waals surface area contributed by atoms with E-state index >= 15 is 0 Å². The second-order valence-corrected chi connectivity index (χ2v) is 4.27. The number of aromatic nitrogens is 1. The van der Waals surface area contributed by atoms with E-state index in [0.29, 0.717) is 17.8 Å². The Bertz CT molecular complexity index is 581. The predicted octanol–water partition coefficient (Wildman–Crippen LogP) is 1.52. The fourth-order valence-electron chi connectivity index (χ4n) is 2.08. The molecule has 0 radical (unpaired) electrons. The van der Waals surface area contributed by atoms with Crippen molar-refractivity contribution in [3.8, 4) is 0 Å². The maximum atomic E-state index is 11.8. The van der Waals surface area contributed by atoms with Crippen molar-refractivity contribution in [2.45, 2.75) is 20.4 Å².